The second-order valence-electron chi connectivity index (χ2n) is 13.2. The van der Waals surface area contributed by atoms with E-state index in [1.807, 2.05) is 25.1 Å². The summed E-state index contributed by atoms with van der Waals surface area (Å²) < 4.78 is 23.8. The van der Waals surface area contributed by atoms with E-state index < -0.39 is 0 Å². The van der Waals surface area contributed by atoms with E-state index in [0.717, 1.165) is 74.0 Å². The number of fused-ring (bicyclic) bond motifs is 1. The zero-order chi connectivity index (χ0) is 33.5. The van der Waals surface area contributed by atoms with Gasteiger partial charge in [-0.05, 0) is 56.4 Å². The van der Waals surface area contributed by atoms with Crippen molar-refractivity contribution in [3.63, 3.8) is 0 Å². The molecule has 0 bridgehead atoms. The van der Waals surface area contributed by atoms with Crippen LogP contribution in [0.5, 0.6) is 23.0 Å². The van der Waals surface area contributed by atoms with E-state index in [9.17, 15) is 9.59 Å². The Morgan fingerprint density at radius 3 is 1.74 bits per heavy atom. The third kappa shape index (κ3) is 15.2. The van der Waals surface area contributed by atoms with Crippen molar-refractivity contribution < 1.29 is 28.5 Å². The van der Waals surface area contributed by atoms with E-state index in [1.165, 1.54) is 77.0 Å². The van der Waals surface area contributed by atoms with Crippen molar-refractivity contribution in [1.29, 1.82) is 0 Å². The quantitative estimate of drug-likeness (QED) is 0.0605. The molecule has 1 heterocycles. The van der Waals surface area contributed by atoms with E-state index in [4.69, 9.17) is 18.9 Å². The van der Waals surface area contributed by atoms with Crippen LogP contribution < -0.4 is 18.9 Å². The number of hydrogen-bond donors (Lipinski definition) is 0. The molecule has 0 aromatic heterocycles. The zero-order valence-corrected chi connectivity index (χ0v) is 29.8. The molecule has 262 valence electrons. The third-order valence-electron chi connectivity index (χ3n) is 9.05. The Bertz CT molecular complexity index is 1170. The van der Waals surface area contributed by atoms with Crippen LogP contribution in [0, 0.1) is 0 Å². The number of unbranched alkanes of at least 4 members (excludes halogenated alkanes) is 16. The molecule has 0 radical (unpaired) electrons. The van der Waals surface area contributed by atoms with E-state index in [2.05, 4.69) is 19.9 Å². The van der Waals surface area contributed by atoms with Gasteiger partial charge in [0.25, 0.3) is 0 Å². The highest BCUT2D eigenvalue weighted by Crippen LogP contribution is 2.41. The first-order chi connectivity index (χ1) is 23.0. The van der Waals surface area contributed by atoms with Gasteiger partial charge < -0.3 is 18.9 Å². The predicted molar refractivity (Wildman–Crippen MR) is 191 cm³/mol. The minimum atomic E-state index is -0.290. The van der Waals surface area contributed by atoms with Crippen LogP contribution >= 0.6 is 0 Å². The molecule has 1 unspecified atom stereocenters. The van der Waals surface area contributed by atoms with Crippen molar-refractivity contribution in [3.05, 3.63) is 47.5 Å². The van der Waals surface area contributed by atoms with Gasteiger partial charge >= 0.3 is 11.9 Å². The molecule has 1 atom stereocenters. The first-order valence-electron chi connectivity index (χ1n) is 19.0. The Labute approximate surface area is 285 Å². The lowest BCUT2D eigenvalue weighted by Gasteiger charge is -2.28. The molecule has 6 nitrogen and oxygen atoms in total. The summed E-state index contributed by atoms with van der Waals surface area (Å²) >= 11 is 0. The standard InChI is InChI=1S/C41H62O6/c1-4-7-9-11-13-15-17-19-21-23-40(42)45-35-28-29-36(37-30-26-33-25-27-34(44-6-3)31-38(33)46-37)39(32-35)47-41(43)24-22-20-18-16-14-12-10-8-5-2/h25,27-29,31-32,37H,4-24,26,30H2,1-3H3. The van der Waals surface area contributed by atoms with Gasteiger partial charge in [-0.3, -0.25) is 9.59 Å². The molecule has 0 fully saturated rings. The molecule has 2 aromatic carbocycles. The zero-order valence-electron chi connectivity index (χ0n) is 29.8. The summed E-state index contributed by atoms with van der Waals surface area (Å²) in [4.78, 5) is 25.7. The highest BCUT2D eigenvalue weighted by atomic mass is 16.5. The maximum Gasteiger partial charge on any atom is 0.311 e. The van der Waals surface area contributed by atoms with Crippen LogP contribution in [0.25, 0.3) is 0 Å². The summed E-state index contributed by atoms with van der Waals surface area (Å²) in [6.07, 6.45) is 23.5. The Hall–Kier alpha value is -3.02. The number of carbonyl (C=O) groups is 2. The van der Waals surface area contributed by atoms with Crippen molar-refractivity contribution in [2.45, 2.75) is 168 Å². The van der Waals surface area contributed by atoms with Gasteiger partial charge in [-0.2, -0.15) is 0 Å². The average Bonchev–Trinajstić information content (AvgIpc) is 3.07. The summed E-state index contributed by atoms with van der Waals surface area (Å²) in [5.41, 5.74) is 1.92. The molecule has 3 rings (SSSR count). The normalized spacial score (nSPS) is 13.9. The summed E-state index contributed by atoms with van der Waals surface area (Å²) in [5, 5.41) is 0. The number of hydrogen-bond acceptors (Lipinski definition) is 6. The van der Waals surface area contributed by atoms with E-state index in [0.29, 0.717) is 30.9 Å². The Balaban J connectivity index is 1.56. The highest BCUT2D eigenvalue weighted by Gasteiger charge is 2.26. The van der Waals surface area contributed by atoms with E-state index in [-0.39, 0.29) is 18.0 Å². The fourth-order valence-corrected chi connectivity index (χ4v) is 6.27. The first kappa shape index (κ1) is 38.4. The highest BCUT2D eigenvalue weighted by molar-refractivity contribution is 5.74. The molecule has 2 aromatic rings. The fourth-order valence-electron chi connectivity index (χ4n) is 6.27. The summed E-state index contributed by atoms with van der Waals surface area (Å²) in [6.45, 7) is 7.02. The van der Waals surface area contributed by atoms with Crippen molar-refractivity contribution in [1.82, 2.24) is 0 Å². The Morgan fingerprint density at radius 1 is 0.638 bits per heavy atom. The number of benzene rings is 2. The molecular formula is C41H62O6. The number of aryl methyl sites for hydroxylation is 1. The molecule has 0 spiro atoms. The number of esters is 2. The lowest BCUT2D eigenvalue weighted by molar-refractivity contribution is -0.135. The number of carbonyl (C=O) groups excluding carboxylic acids is 2. The molecule has 1 aliphatic heterocycles. The molecule has 1 aliphatic rings. The van der Waals surface area contributed by atoms with Crippen LogP contribution in [0.1, 0.15) is 173 Å². The average molecular weight is 651 g/mol. The van der Waals surface area contributed by atoms with Gasteiger partial charge in [0.1, 0.15) is 29.1 Å². The molecule has 47 heavy (non-hydrogen) atoms. The summed E-state index contributed by atoms with van der Waals surface area (Å²) in [6, 6.07) is 11.3. The van der Waals surface area contributed by atoms with Crippen LogP contribution in [0.3, 0.4) is 0 Å². The van der Waals surface area contributed by atoms with Crippen LogP contribution in [-0.2, 0) is 16.0 Å². The van der Waals surface area contributed by atoms with Crippen LogP contribution in [0.2, 0.25) is 0 Å². The second-order valence-corrected chi connectivity index (χ2v) is 13.2. The summed E-state index contributed by atoms with van der Waals surface area (Å²) in [7, 11) is 0. The number of ether oxygens (including phenoxy) is 4. The lowest BCUT2D eigenvalue weighted by Crippen LogP contribution is -2.18. The maximum atomic E-state index is 13.0. The lowest BCUT2D eigenvalue weighted by atomic mass is 9.96. The molecule has 0 saturated carbocycles. The van der Waals surface area contributed by atoms with Crippen molar-refractivity contribution in [2.24, 2.45) is 0 Å². The Kier molecular flexibility index (Phi) is 19.1. The van der Waals surface area contributed by atoms with Crippen molar-refractivity contribution in [2.75, 3.05) is 6.61 Å². The topological polar surface area (TPSA) is 71.1 Å². The van der Waals surface area contributed by atoms with Gasteiger partial charge in [0, 0.05) is 30.5 Å². The molecule has 6 heteroatoms. The summed E-state index contributed by atoms with van der Waals surface area (Å²) in [5.74, 6) is 1.86. The van der Waals surface area contributed by atoms with Crippen LogP contribution in [0.15, 0.2) is 36.4 Å². The van der Waals surface area contributed by atoms with Crippen LogP contribution in [-0.4, -0.2) is 18.5 Å². The minimum Gasteiger partial charge on any atom is -0.494 e. The maximum absolute atomic E-state index is 13.0. The van der Waals surface area contributed by atoms with Crippen LogP contribution in [0.4, 0.5) is 0 Å². The van der Waals surface area contributed by atoms with Crippen molar-refractivity contribution in [3.8, 4) is 23.0 Å². The fraction of sp³-hybridized carbons (Fsp3) is 0.659. The van der Waals surface area contributed by atoms with Gasteiger partial charge in [0.2, 0.25) is 0 Å². The van der Waals surface area contributed by atoms with Crippen molar-refractivity contribution >= 4 is 11.9 Å². The minimum absolute atomic E-state index is 0.251. The van der Waals surface area contributed by atoms with E-state index >= 15 is 0 Å². The molecule has 0 aliphatic carbocycles. The van der Waals surface area contributed by atoms with Gasteiger partial charge in [0.05, 0.1) is 6.61 Å². The largest absolute Gasteiger partial charge is 0.494 e. The monoisotopic (exact) mass is 650 g/mol. The molecule has 0 amide bonds. The number of rotatable bonds is 25. The van der Waals surface area contributed by atoms with Gasteiger partial charge in [-0.15, -0.1) is 0 Å². The SMILES string of the molecule is CCCCCCCCCCCC(=O)Oc1ccc(C2CCc3ccc(OCC)cc3O2)c(OC(=O)CCCCCCCCCCC)c1. The van der Waals surface area contributed by atoms with Gasteiger partial charge in [-0.25, -0.2) is 0 Å². The van der Waals surface area contributed by atoms with Gasteiger partial charge in [-0.1, -0.05) is 123 Å². The molecule has 0 N–H and O–H groups in total. The Morgan fingerprint density at radius 2 is 1.17 bits per heavy atom. The molecule has 0 saturated heterocycles. The predicted octanol–water partition coefficient (Wildman–Crippen LogP) is 11.8. The van der Waals surface area contributed by atoms with E-state index in [1.54, 1.807) is 12.1 Å². The van der Waals surface area contributed by atoms with Gasteiger partial charge in [0.15, 0.2) is 0 Å². The smallest absolute Gasteiger partial charge is 0.311 e. The molecular weight excluding hydrogens is 588 g/mol. The first-order valence-corrected chi connectivity index (χ1v) is 19.0. The second kappa shape index (κ2) is 23.3. The third-order valence-corrected chi connectivity index (χ3v) is 9.05.